The van der Waals surface area contributed by atoms with E-state index in [4.69, 9.17) is 11.5 Å². The van der Waals surface area contributed by atoms with Gasteiger partial charge in [-0.2, -0.15) is 0 Å². The molecule has 10 heteroatoms. The van der Waals surface area contributed by atoms with Crippen molar-refractivity contribution in [2.24, 2.45) is 11.5 Å². The van der Waals surface area contributed by atoms with E-state index in [1.54, 1.807) is 6.07 Å². The van der Waals surface area contributed by atoms with Crippen LogP contribution in [0, 0.1) is 0 Å². The number of hydrogen-bond donors (Lipinski definition) is 6. The van der Waals surface area contributed by atoms with Crippen LogP contribution in [0.15, 0.2) is 24.3 Å². The molecular formula is C10H12N6O2S2. The molecule has 106 valence electrons. The lowest BCUT2D eigenvalue weighted by Crippen LogP contribution is -2.45. The molecule has 0 saturated carbocycles. The monoisotopic (exact) mass is 312 g/mol. The quantitative estimate of drug-likeness (QED) is 0.291. The first-order valence-corrected chi connectivity index (χ1v) is 6.03. The second-order valence-electron chi connectivity index (χ2n) is 3.47. The molecule has 1 aromatic carbocycles. The van der Waals surface area contributed by atoms with E-state index in [1.165, 1.54) is 18.2 Å². The Balaban J connectivity index is 2.74. The van der Waals surface area contributed by atoms with Crippen LogP contribution in [-0.4, -0.2) is 22.0 Å². The Morgan fingerprint density at radius 1 is 0.850 bits per heavy atom. The van der Waals surface area contributed by atoms with Crippen LogP contribution >= 0.6 is 24.4 Å². The molecule has 0 heterocycles. The van der Waals surface area contributed by atoms with Gasteiger partial charge in [-0.15, -0.1) is 0 Å². The number of nitrogens with one attached hydrogen (secondary N) is 4. The van der Waals surface area contributed by atoms with Crippen LogP contribution in [0.25, 0.3) is 0 Å². The average molecular weight is 312 g/mol. The van der Waals surface area contributed by atoms with E-state index in [2.05, 4.69) is 46.1 Å². The summed E-state index contributed by atoms with van der Waals surface area (Å²) in [7, 11) is 0. The van der Waals surface area contributed by atoms with Gasteiger partial charge in [0.2, 0.25) is 0 Å². The van der Waals surface area contributed by atoms with E-state index >= 15 is 0 Å². The van der Waals surface area contributed by atoms with Gasteiger partial charge in [0.15, 0.2) is 10.2 Å². The topological polar surface area (TPSA) is 134 Å². The number of carbonyl (C=O) groups excluding carboxylic acids is 2. The Morgan fingerprint density at radius 3 is 1.60 bits per heavy atom. The van der Waals surface area contributed by atoms with Gasteiger partial charge in [0.1, 0.15) is 0 Å². The SMILES string of the molecule is NC(=S)NNC(=O)c1cccc(C(=O)NNC(N)=S)c1. The summed E-state index contributed by atoms with van der Waals surface area (Å²) in [5.74, 6) is -0.982. The standard InChI is InChI=1S/C10H12N6O2S2/c11-9(19)15-13-7(17)5-2-1-3-6(4-5)8(18)14-16-10(12)20/h1-4H,(H,13,17)(H,14,18)(H3,11,15,19)(H3,12,16,20). The van der Waals surface area contributed by atoms with Crippen molar-refractivity contribution in [2.45, 2.75) is 0 Å². The maximum atomic E-state index is 11.7. The molecule has 1 rings (SSSR count). The van der Waals surface area contributed by atoms with Crippen molar-refractivity contribution in [3.05, 3.63) is 35.4 Å². The highest BCUT2D eigenvalue weighted by atomic mass is 32.1. The normalized spacial score (nSPS) is 9.20. The van der Waals surface area contributed by atoms with Crippen LogP contribution in [0.2, 0.25) is 0 Å². The molecule has 0 bridgehead atoms. The van der Waals surface area contributed by atoms with Crippen LogP contribution < -0.4 is 33.2 Å². The summed E-state index contributed by atoms with van der Waals surface area (Å²) in [6.45, 7) is 0. The van der Waals surface area contributed by atoms with Crippen molar-refractivity contribution in [2.75, 3.05) is 0 Å². The Hall–Kier alpha value is -2.46. The molecule has 0 spiro atoms. The molecule has 8 nitrogen and oxygen atoms in total. The fourth-order valence-corrected chi connectivity index (χ4v) is 1.28. The van der Waals surface area contributed by atoms with Crippen molar-refractivity contribution in [1.29, 1.82) is 0 Å². The Kier molecular flexibility index (Phi) is 5.62. The number of amides is 2. The summed E-state index contributed by atoms with van der Waals surface area (Å²) in [5.41, 5.74) is 20.0. The Labute approximate surface area is 125 Å². The number of rotatable bonds is 2. The van der Waals surface area contributed by atoms with Gasteiger partial charge in [0, 0.05) is 11.1 Å². The lowest BCUT2D eigenvalue weighted by Gasteiger charge is -2.09. The van der Waals surface area contributed by atoms with E-state index in [-0.39, 0.29) is 21.4 Å². The number of thiocarbonyl (C=S) groups is 2. The van der Waals surface area contributed by atoms with Gasteiger partial charge in [0.25, 0.3) is 11.8 Å². The third-order valence-electron chi connectivity index (χ3n) is 1.99. The van der Waals surface area contributed by atoms with Crippen molar-refractivity contribution >= 4 is 46.5 Å². The van der Waals surface area contributed by atoms with Crippen LogP contribution in [0.5, 0.6) is 0 Å². The maximum absolute atomic E-state index is 11.7. The van der Waals surface area contributed by atoms with Crippen molar-refractivity contribution < 1.29 is 9.59 Å². The van der Waals surface area contributed by atoms with E-state index in [0.29, 0.717) is 0 Å². The Morgan fingerprint density at radius 2 is 1.25 bits per heavy atom. The zero-order chi connectivity index (χ0) is 15.1. The Bertz CT molecular complexity index is 517. The van der Waals surface area contributed by atoms with E-state index in [0.717, 1.165) is 0 Å². The first kappa shape index (κ1) is 15.6. The fourth-order valence-electron chi connectivity index (χ4n) is 1.18. The van der Waals surface area contributed by atoms with Gasteiger partial charge in [-0.05, 0) is 42.6 Å². The maximum Gasteiger partial charge on any atom is 0.269 e. The van der Waals surface area contributed by atoms with E-state index in [9.17, 15) is 9.59 Å². The summed E-state index contributed by atoms with van der Waals surface area (Å²) in [6, 6.07) is 5.97. The molecule has 0 saturated heterocycles. The summed E-state index contributed by atoms with van der Waals surface area (Å²) in [5, 5.41) is -0.152. The van der Waals surface area contributed by atoms with Crippen molar-refractivity contribution in [1.82, 2.24) is 21.7 Å². The van der Waals surface area contributed by atoms with E-state index < -0.39 is 11.8 Å². The molecule has 0 fully saturated rings. The molecule has 0 aromatic heterocycles. The van der Waals surface area contributed by atoms with Crippen molar-refractivity contribution in [3.63, 3.8) is 0 Å². The number of nitrogens with two attached hydrogens (primary N) is 2. The highest BCUT2D eigenvalue weighted by molar-refractivity contribution is 7.80. The lowest BCUT2D eigenvalue weighted by atomic mass is 10.1. The minimum atomic E-state index is -0.491. The van der Waals surface area contributed by atoms with Crippen LogP contribution in [0.4, 0.5) is 0 Å². The second kappa shape index (κ2) is 7.21. The van der Waals surface area contributed by atoms with Crippen LogP contribution in [-0.2, 0) is 0 Å². The third kappa shape index (κ3) is 5.04. The molecule has 0 unspecified atom stereocenters. The zero-order valence-electron chi connectivity index (χ0n) is 10.1. The van der Waals surface area contributed by atoms with Gasteiger partial charge >= 0.3 is 0 Å². The molecule has 0 radical (unpaired) electrons. The largest absolute Gasteiger partial charge is 0.375 e. The van der Waals surface area contributed by atoms with Crippen LogP contribution in [0.3, 0.4) is 0 Å². The predicted molar refractivity (Wildman–Crippen MR) is 81.2 cm³/mol. The van der Waals surface area contributed by atoms with Gasteiger partial charge in [-0.1, -0.05) is 6.07 Å². The fraction of sp³-hybridized carbons (Fsp3) is 0. The van der Waals surface area contributed by atoms with Gasteiger partial charge in [-0.25, -0.2) is 0 Å². The molecule has 0 aliphatic carbocycles. The third-order valence-corrected chi connectivity index (χ3v) is 2.19. The van der Waals surface area contributed by atoms with Gasteiger partial charge in [0.05, 0.1) is 0 Å². The number of hydrogen-bond acceptors (Lipinski definition) is 4. The second-order valence-corrected chi connectivity index (χ2v) is 4.35. The number of carbonyl (C=O) groups is 2. The van der Waals surface area contributed by atoms with E-state index in [1.807, 2.05) is 0 Å². The average Bonchev–Trinajstić information content (AvgIpc) is 2.42. The number of benzene rings is 1. The molecular weight excluding hydrogens is 300 g/mol. The molecule has 0 atom stereocenters. The molecule has 0 aliphatic rings. The van der Waals surface area contributed by atoms with Gasteiger partial charge < -0.3 is 11.5 Å². The number of hydrazine groups is 2. The molecule has 1 aromatic rings. The van der Waals surface area contributed by atoms with Gasteiger partial charge in [-0.3, -0.25) is 31.3 Å². The molecule has 20 heavy (non-hydrogen) atoms. The molecule has 0 aliphatic heterocycles. The minimum absolute atomic E-state index is 0.0760. The highest BCUT2D eigenvalue weighted by Crippen LogP contribution is 2.04. The first-order valence-electron chi connectivity index (χ1n) is 5.22. The minimum Gasteiger partial charge on any atom is -0.375 e. The summed E-state index contributed by atoms with van der Waals surface area (Å²) < 4.78 is 0. The summed E-state index contributed by atoms with van der Waals surface area (Å²) in [6.07, 6.45) is 0. The first-order chi connectivity index (χ1) is 9.40. The predicted octanol–water partition coefficient (Wildman–Crippen LogP) is -1.36. The lowest BCUT2D eigenvalue weighted by molar-refractivity contribution is 0.0943. The zero-order valence-corrected chi connectivity index (χ0v) is 11.7. The summed E-state index contributed by atoms with van der Waals surface area (Å²) in [4.78, 5) is 23.4. The molecule has 2 amide bonds. The smallest absolute Gasteiger partial charge is 0.269 e. The molecule has 8 N–H and O–H groups in total. The highest BCUT2D eigenvalue weighted by Gasteiger charge is 2.10. The van der Waals surface area contributed by atoms with Crippen molar-refractivity contribution in [3.8, 4) is 0 Å². The van der Waals surface area contributed by atoms with Crippen LogP contribution in [0.1, 0.15) is 20.7 Å². The summed E-state index contributed by atoms with van der Waals surface area (Å²) >= 11 is 9.09.